The van der Waals surface area contributed by atoms with Crippen molar-refractivity contribution in [2.24, 2.45) is 0 Å². The molecule has 109 heavy (non-hydrogen) atoms. The van der Waals surface area contributed by atoms with Gasteiger partial charge in [0.05, 0.1) is 36.6 Å². The average Bonchev–Trinajstić information content (AvgIpc) is 1.74. The van der Waals surface area contributed by atoms with Gasteiger partial charge in [-0.15, -0.1) is 0 Å². The van der Waals surface area contributed by atoms with Crippen LogP contribution in [0.3, 0.4) is 0 Å². The molecule has 6 fully saturated rings. The molecule has 15 rings (SSSR count). The maximum Gasteiger partial charge on any atom is 0.325 e. The molecule has 3 aromatic heterocycles. The first-order chi connectivity index (χ1) is 53.3. The van der Waals surface area contributed by atoms with Crippen molar-refractivity contribution in [3.05, 3.63) is 181 Å². The standard InChI is InChI=1S/C30H39FN2O4.2C28H36FN3O4/c31-25-11-7-10-24(28(25)27-13-4-6-19-37-27)29(30(34)35)33-17-16-23(20-33)36-18-5-3-9-22-15-14-21-8-1-2-12-26(21)32-22;2*29-20-9-11-23(25-7-4-16-36-25)24(17-20)26(28(33)34)32-14-12-22(18-32)35-15-2-1-6-21-10-8-19-5-3-13-30-27(19)31-21/h7,10-11,14-15,23,27,29H,1-6,8-9,12-13,16-20H2,(H,34,35);2*8-11,17,22,25-26H,1-7,12-16,18H2,(H,30,31)(H,33,34)/t23-,27+,29-;22-,25+,26+;22-,25+,26-/m111/s1. The molecule has 0 unspecified atom stereocenters. The summed E-state index contributed by atoms with van der Waals surface area (Å²) in [5.74, 6) is -2.04. The maximum atomic E-state index is 14.9. The van der Waals surface area contributed by atoms with E-state index >= 15 is 0 Å². The smallest absolute Gasteiger partial charge is 0.325 e. The van der Waals surface area contributed by atoms with Crippen LogP contribution in [0.1, 0.15) is 238 Å². The molecule has 5 N–H and O–H groups in total. The van der Waals surface area contributed by atoms with Gasteiger partial charge in [-0.1, -0.05) is 42.5 Å². The topological polar surface area (TPSA) is 240 Å². The van der Waals surface area contributed by atoms with E-state index in [1.165, 1.54) is 71.3 Å². The third-order valence-corrected chi connectivity index (χ3v) is 23.1. The number of carboxylic acids is 3. The Balaban J connectivity index is 0.000000144. The van der Waals surface area contributed by atoms with Crippen LogP contribution in [0.15, 0.2) is 91.0 Å². The molecule has 0 spiro atoms. The highest BCUT2D eigenvalue weighted by Crippen LogP contribution is 2.42. The highest BCUT2D eigenvalue weighted by Gasteiger charge is 2.41. The minimum Gasteiger partial charge on any atom is -0.480 e. The van der Waals surface area contributed by atoms with Crippen LogP contribution in [-0.4, -0.2) is 173 Å². The second kappa shape index (κ2) is 39.6. The van der Waals surface area contributed by atoms with Gasteiger partial charge in [0.15, 0.2) is 0 Å². The predicted molar refractivity (Wildman–Crippen MR) is 408 cm³/mol. The summed E-state index contributed by atoms with van der Waals surface area (Å²) in [6.07, 6.45) is 25.6. The third-order valence-electron chi connectivity index (χ3n) is 23.1. The number of hydrogen-bond donors (Lipinski definition) is 5. The van der Waals surface area contributed by atoms with Gasteiger partial charge in [-0.2, -0.15) is 0 Å². The zero-order valence-electron chi connectivity index (χ0n) is 63.2. The van der Waals surface area contributed by atoms with Crippen LogP contribution in [0.4, 0.5) is 24.8 Å². The Bertz CT molecular complexity index is 3820. The molecule has 6 aromatic rings. The zero-order chi connectivity index (χ0) is 75.4. The monoisotopic (exact) mass is 1500 g/mol. The van der Waals surface area contributed by atoms with Crippen LogP contribution in [0, 0.1) is 17.5 Å². The minimum absolute atomic E-state index is 0.00772. The molecule has 8 aliphatic heterocycles. The summed E-state index contributed by atoms with van der Waals surface area (Å²) >= 11 is 0. The average molecular weight is 1510 g/mol. The fourth-order valence-corrected chi connectivity index (χ4v) is 17.5. The van der Waals surface area contributed by atoms with Crippen molar-refractivity contribution in [3.63, 3.8) is 0 Å². The molecule has 9 aliphatic rings. The van der Waals surface area contributed by atoms with E-state index in [2.05, 4.69) is 47.0 Å². The lowest BCUT2D eigenvalue weighted by Gasteiger charge is -2.30. The van der Waals surface area contributed by atoms with Crippen LogP contribution in [0.5, 0.6) is 0 Å². The predicted octanol–water partition coefficient (Wildman–Crippen LogP) is 14.9. The molecule has 0 amide bonds. The summed E-state index contributed by atoms with van der Waals surface area (Å²) in [4.78, 5) is 57.2. The summed E-state index contributed by atoms with van der Waals surface area (Å²) in [6.45, 7) is 9.21. The molecular weight excluding hydrogens is 1390 g/mol. The molecule has 0 saturated carbocycles. The fourth-order valence-electron chi connectivity index (χ4n) is 17.5. The van der Waals surface area contributed by atoms with Gasteiger partial charge in [0.25, 0.3) is 0 Å². The van der Waals surface area contributed by atoms with E-state index in [0.29, 0.717) is 108 Å². The number of aryl methyl sites for hydroxylation is 7. The number of nitrogens with zero attached hydrogens (tertiary/aromatic N) is 6. The quantitative estimate of drug-likeness (QED) is 0.0263. The molecule has 1 aliphatic carbocycles. The lowest BCUT2D eigenvalue weighted by molar-refractivity contribution is -0.144. The zero-order valence-corrected chi connectivity index (χ0v) is 63.2. The molecule has 23 heteroatoms. The number of aromatic nitrogens is 3. The van der Waals surface area contributed by atoms with Crippen LogP contribution in [0.25, 0.3) is 0 Å². The minimum atomic E-state index is -0.965. The number of carboxylic acid groups (broad SMARTS) is 3. The van der Waals surface area contributed by atoms with Crippen molar-refractivity contribution in [1.82, 2.24) is 29.7 Å². The maximum absolute atomic E-state index is 14.9. The van der Waals surface area contributed by atoms with Gasteiger partial charge in [0, 0.05) is 120 Å². The Kier molecular flexibility index (Phi) is 29.0. The van der Waals surface area contributed by atoms with Crippen molar-refractivity contribution in [2.45, 2.75) is 228 Å². The van der Waals surface area contributed by atoms with E-state index in [-0.39, 0.29) is 42.4 Å². The van der Waals surface area contributed by atoms with Crippen LogP contribution in [-0.2, 0) is 87.8 Å². The van der Waals surface area contributed by atoms with Gasteiger partial charge < -0.3 is 54.4 Å². The number of likely N-dealkylation sites (tertiary alicyclic amines) is 3. The summed E-state index contributed by atoms with van der Waals surface area (Å²) in [5.41, 5.74) is 12.2. The summed E-state index contributed by atoms with van der Waals surface area (Å²) in [6, 6.07) is 24.0. The Hall–Kier alpha value is -7.45. The SMILES string of the molecule is O=C(O)[C@@H](c1cc(F)ccc1[C@@H]1CCCO1)N1CC[C@@H](OCCCCc2ccc3c(n2)NCCC3)C1.O=C(O)[C@@H](c1cccc(F)c1[C@@H]1CCCCO1)N1CC[C@@H](OCCCCc2ccc3c(n2)CCCC3)C1.O=C(O)[C@H](c1cc(F)ccc1[C@@H]1CCCO1)N1CC[C@@H](OCCCCc2ccc3c(n2)NCCC3)C1. The summed E-state index contributed by atoms with van der Waals surface area (Å²) in [5, 5.41) is 37.1. The number of pyridine rings is 3. The second-order valence-corrected chi connectivity index (χ2v) is 30.9. The molecule has 0 bridgehead atoms. The van der Waals surface area contributed by atoms with Crippen LogP contribution >= 0.6 is 0 Å². The number of halogens is 3. The molecule has 11 heterocycles. The first-order valence-electron chi connectivity index (χ1n) is 40.7. The van der Waals surface area contributed by atoms with E-state index in [0.717, 1.165) is 201 Å². The van der Waals surface area contributed by atoms with Crippen molar-refractivity contribution >= 4 is 29.5 Å². The second-order valence-electron chi connectivity index (χ2n) is 30.9. The normalized spacial score (nSPS) is 22.9. The number of carbonyl (C=O) groups is 3. The molecule has 3 aromatic carbocycles. The number of nitrogens with one attached hydrogen (secondary N) is 2. The number of unbranched alkanes of at least 4 members (excludes halogenated alkanes) is 3. The van der Waals surface area contributed by atoms with Crippen molar-refractivity contribution in [1.29, 1.82) is 0 Å². The fraction of sp³-hybridized carbons (Fsp3) is 0.581. The molecule has 0 radical (unpaired) electrons. The highest BCUT2D eigenvalue weighted by molar-refractivity contribution is 5.78. The Morgan fingerprint density at radius 3 is 1.34 bits per heavy atom. The van der Waals surface area contributed by atoms with Gasteiger partial charge in [0.2, 0.25) is 0 Å². The largest absolute Gasteiger partial charge is 0.480 e. The lowest BCUT2D eigenvalue weighted by Crippen LogP contribution is -2.35. The summed E-state index contributed by atoms with van der Waals surface area (Å²) < 4.78 is 79.1. The molecule has 20 nitrogen and oxygen atoms in total. The Morgan fingerprint density at radius 1 is 0.450 bits per heavy atom. The van der Waals surface area contributed by atoms with Crippen molar-refractivity contribution in [3.8, 4) is 0 Å². The number of benzene rings is 3. The molecule has 6 saturated heterocycles. The van der Waals surface area contributed by atoms with Gasteiger partial charge in [0.1, 0.15) is 47.2 Å². The first-order valence-corrected chi connectivity index (χ1v) is 40.7. The lowest BCUT2D eigenvalue weighted by atomic mass is 9.91. The van der Waals surface area contributed by atoms with Crippen LogP contribution in [0.2, 0.25) is 0 Å². The van der Waals surface area contributed by atoms with Gasteiger partial charge >= 0.3 is 17.9 Å². The number of aliphatic carboxylic acids is 3. The van der Waals surface area contributed by atoms with E-state index in [9.17, 15) is 42.9 Å². The first kappa shape index (κ1) is 79.6. The third kappa shape index (κ3) is 21.4. The van der Waals surface area contributed by atoms with Gasteiger partial charge in [-0.3, -0.25) is 34.1 Å². The van der Waals surface area contributed by atoms with E-state index in [4.69, 9.17) is 43.4 Å². The van der Waals surface area contributed by atoms with E-state index < -0.39 is 47.7 Å². The Labute approximate surface area is 639 Å². The number of ether oxygens (including phenoxy) is 6. The van der Waals surface area contributed by atoms with E-state index in [1.807, 2.05) is 14.7 Å². The number of hydrogen-bond acceptors (Lipinski definition) is 17. The van der Waals surface area contributed by atoms with Crippen molar-refractivity contribution in [2.75, 3.05) is 103 Å². The van der Waals surface area contributed by atoms with Gasteiger partial charge in [-0.25, -0.2) is 23.1 Å². The highest BCUT2D eigenvalue weighted by atomic mass is 19.1. The molecule has 588 valence electrons. The molecule has 9 atom stereocenters. The summed E-state index contributed by atoms with van der Waals surface area (Å²) in [7, 11) is 0. The van der Waals surface area contributed by atoms with E-state index in [1.54, 1.807) is 24.3 Å². The number of fused-ring (bicyclic) bond motifs is 3. The van der Waals surface area contributed by atoms with Gasteiger partial charge in [-0.05, 0) is 266 Å². The number of anilines is 2. The van der Waals surface area contributed by atoms with Crippen LogP contribution < -0.4 is 10.6 Å². The molecular formula is C86H111F3N8O12. The Morgan fingerprint density at radius 2 is 0.881 bits per heavy atom. The van der Waals surface area contributed by atoms with Crippen molar-refractivity contribution < 1.29 is 71.3 Å². The number of rotatable bonds is 30.